The summed E-state index contributed by atoms with van der Waals surface area (Å²) in [5.41, 5.74) is 3.57. The van der Waals surface area contributed by atoms with Crippen LogP contribution in [0.4, 0.5) is 0 Å². The Balaban J connectivity index is 1.30. The van der Waals surface area contributed by atoms with E-state index >= 15 is 0 Å². The van der Waals surface area contributed by atoms with Crippen LogP contribution in [0.25, 0.3) is 114 Å². The van der Waals surface area contributed by atoms with Gasteiger partial charge in [0.2, 0.25) is 0 Å². The Morgan fingerprint density at radius 3 is 0.945 bits per heavy atom. The van der Waals surface area contributed by atoms with Crippen molar-refractivity contribution in [3.63, 3.8) is 0 Å². The number of fused-ring (bicyclic) bond motifs is 18. The van der Waals surface area contributed by atoms with Crippen molar-refractivity contribution in [3.05, 3.63) is 200 Å². The minimum absolute atomic E-state index is 1.16. The molecule has 1 heterocycles. The van der Waals surface area contributed by atoms with Crippen LogP contribution in [0.1, 0.15) is 0 Å². The SMILES string of the molecule is c1ccc(-n2c3ccc4cc3c3cc(ccc32)c2ccc3c5ccccc5c5ccc(cc5c3c2)c2cccc(c2)c2cccc(c2)c2cccc4c2)cc1. The minimum atomic E-state index is 1.16. The van der Waals surface area contributed by atoms with Crippen LogP contribution in [0.15, 0.2) is 200 Å². The highest BCUT2D eigenvalue weighted by Gasteiger charge is 2.14. The number of hydrogen-bond acceptors (Lipinski definition) is 0. The molecule has 0 N–H and O–H groups in total. The van der Waals surface area contributed by atoms with Crippen LogP contribution in [-0.4, -0.2) is 4.57 Å². The Hall–Kier alpha value is -7.22. The second-order valence-electron chi connectivity index (χ2n) is 14.9. The fourth-order valence-corrected chi connectivity index (χ4v) is 9.19. The molecule has 0 saturated heterocycles. The molecule has 12 rings (SSSR count). The van der Waals surface area contributed by atoms with Gasteiger partial charge in [0.05, 0.1) is 11.0 Å². The zero-order chi connectivity index (χ0) is 36.0. The highest BCUT2D eigenvalue weighted by molar-refractivity contribution is 6.27. The molecule has 11 aromatic carbocycles. The van der Waals surface area contributed by atoms with E-state index in [9.17, 15) is 0 Å². The standard InChI is InChI=1S/C54H33N/c1-2-15-44(16-3-1)55-53-25-21-42-32-51(53)52-33-43(22-26-54(52)55)41-20-24-48-46-18-5-4-17-45(46)47-23-19-40(30-49(47)50(48)31-41)38-13-7-11-36(28-38)34-9-6-10-35(27-34)37-12-8-14-39(42)29-37/h1-33H. The van der Waals surface area contributed by atoms with Crippen molar-refractivity contribution in [3.8, 4) is 5.69 Å². The van der Waals surface area contributed by atoms with E-state index in [1.807, 2.05) is 0 Å². The first-order valence-electron chi connectivity index (χ1n) is 19.1. The van der Waals surface area contributed by atoms with Gasteiger partial charge in [-0.2, -0.15) is 0 Å². The molecule has 12 aromatic rings. The third-order valence-electron chi connectivity index (χ3n) is 11.9. The van der Waals surface area contributed by atoms with Gasteiger partial charge < -0.3 is 4.57 Å². The first-order valence-corrected chi connectivity index (χ1v) is 19.1. The average Bonchev–Trinajstić information content (AvgIpc) is 3.59. The average molecular weight is 696 g/mol. The molecular weight excluding hydrogens is 663 g/mol. The molecule has 0 aliphatic carbocycles. The van der Waals surface area contributed by atoms with Crippen LogP contribution in [0.3, 0.4) is 0 Å². The third kappa shape index (κ3) is 4.67. The predicted molar refractivity (Wildman–Crippen MR) is 238 cm³/mol. The van der Waals surface area contributed by atoms with Crippen LogP contribution < -0.4 is 0 Å². The lowest BCUT2D eigenvalue weighted by Crippen LogP contribution is -1.92. The molecule has 254 valence electrons. The van der Waals surface area contributed by atoms with E-state index in [2.05, 4.69) is 205 Å². The zero-order valence-electron chi connectivity index (χ0n) is 30.0. The van der Waals surface area contributed by atoms with Gasteiger partial charge in [-0.3, -0.25) is 0 Å². The maximum atomic E-state index is 2.42. The lowest BCUT2D eigenvalue weighted by atomic mass is 9.92. The van der Waals surface area contributed by atoms with Crippen molar-refractivity contribution in [2.75, 3.05) is 0 Å². The zero-order valence-corrected chi connectivity index (χ0v) is 30.0. The van der Waals surface area contributed by atoms with Gasteiger partial charge in [-0.05, 0) is 153 Å². The highest BCUT2D eigenvalue weighted by atomic mass is 15.0. The van der Waals surface area contributed by atoms with Crippen LogP contribution >= 0.6 is 0 Å². The van der Waals surface area contributed by atoms with E-state index in [0.717, 1.165) is 5.69 Å². The fraction of sp³-hybridized carbons (Fsp3) is 0. The largest absolute Gasteiger partial charge is 0.309 e. The van der Waals surface area contributed by atoms with E-state index in [0.29, 0.717) is 0 Å². The van der Waals surface area contributed by atoms with E-state index in [4.69, 9.17) is 0 Å². The van der Waals surface area contributed by atoms with Gasteiger partial charge in [-0.1, -0.05) is 133 Å². The van der Waals surface area contributed by atoms with Crippen LogP contribution in [0.5, 0.6) is 0 Å². The van der Waals surface area contributed by atoms with Gasteiger partial charge in [0, 0.05) is 16.5 Å². The first-order chi connectivity index (χ1) is 27.2. The Morgan fingerprint density at radius 2 is 0.527 bits per heavy atom. The summed E-state index contributed by atoms with van der Waals surface area (Å²) < 4.78 is 2.41. The topological polar surface area (TPSA) is 4.93 Å². The van der Waals surface area contributed by atoms with Gasteiger partial charge in [0.25, 0.3) is 0 Å². The Morgan fingerprint density at radius 1 is 0.200 bits per heavy atom. The van der Waals surface area contributed by atoms with E-state index in [-0.39, 0.29) is 0 Å². The molecule has 1 nitrogen and oxygen atoms in total. The number of rotatable bonds is 1. The predicted octanol–water partition coefficient (Wildman–Crippen LogP) is 15.1. The molecule has 0 aliphatic heterocycles. The summed E-state index contributed by atoms with van der Waals surface area (Å²) in [5.74, 6) is 0. The van der Waals surface area contributed by atoms with Crippen molar-refractivity contribution in [1.29, 1.82) is 0 Å². The van der Waals surface area contributed by atoms with Crippen LogP contribution in [0.2, 0.25) is 0 Å². The maximum Gasteiger partial charge on any atom is 0.0541 e. The van der Waals surface area contributed by atoms with Crippen LogP contribution in [0, 0.1) is 0 Å². The molecule has 0 amide bonds. The quantitative estimate of drug-likeness (QED) is 0.151. The number of para-hydroxylation sites is 1. The van der Waals surface area contributed by atoms with Crippen molar-refractivity contribution in [1.82, 2.24) is 4.57 Å². The molecule has 0 radical (unpaired) electrons. The van der Waals surface area contributed by atoms with Crippen molar-refractivity contribution in [2.45, 2.75) is 0 Å². The summed E-state index contributed by atoms with van der Waals surface area (Å²) in [4.78, 5) is 0. The molecule has 0 unspecified atom stereocenters. The Bertz CT molecular complexity index is 3650. The molecule has 0 fully saturated rings. The van der Waals surface area contributed by atoms with Gasteiger partial charge in [-0.15, -0.1) is 0 Å². The lowest BCUT2D eigenvalue weighted by Gasteiger charge is -2.11. The molecule has 0 spiro atoms. The Labute approximate surface area is 317 Å². The van der Waals surface area contributed by atoms with Gasteiger partial charge in [0.15, 0.2) is 0 Å². The van der Waals surface area contributed by atoms with Gasteiger partial charge >= 0.3 is 0 Å². The van der Waals surface area contributed by atoms with Gasteiger partial charge in [-0.25, -0.2) is 0 Å². The normalized spacial score (nSPS) is 12.0. The lowest BCUT2D eigenvalue weighted by molar-refractivity contribution is 1.18. The summed E-state index contributed by atoms with van der Waals surface area (Å²) >= 11 is 0. The highest BCUT2D eigenvalue weighted by Crippen LogP contribution is 2.39. The number of nitrogens with zero attached hydrogens (tertiary/aromatic N) is 1. The summed E-state index contributed by atoms with van der Waals surface area (Å²) in [6.45, 7) is 0. The second kappa shape index (κ2) is 11.6. The smallest absolute Gasteiger partial charge is 0.0541 e. The number of aromatic nitrogens is 1. The second-order valence-corrected chi connectivity index (χ2v) is 14.9. The fourth-order valence-electron chi connectivity index (χ4n) is 9.19. The summed E-state index contributed by atoms with van der Waals surface area (Å²) in [6.07, 6.45) is 0. The molecule has 0 aliphatic rings. The molecule has 1 heteroatoms. The van der Waals surface area contributed by atoms with Crippen molar-refractivity contribution >= 4 is 108 Å². The summed E-state index contributed by atoms with van der Waals surface area (Å²) in [6, 6.07) is 74.7. The molecule has 14 bridgehead atoms. The van der Waals surface area contributed by atoms with Crippen molar-refractivity contribution < 1.29 is 0 Å². The third-order valence-corrected chi connectivity index (χ3v) is 11.9. The molecule has 0 atom stereocenters. The minimum Gasteiger partial charge on any atom is -0.309 e. The summed E-state index contributed by atoms with van der Waals surface area (Å²) in [7, 11) is 0. The molecule has 1 aromatic heterocycles. The first kappa shape index (κ1) is 30.3. The maximum absolute atomic E-state index is 2.42. The number of hydrogen-bond donors (Lipinski definition) is 0. The molecule has 0 saturated carbocycles. The Kier molecular flexibility index (Phi) is 6.40. The van der Waals surface area contributed by atoms with Gasteiger partial charge in [0.1, 0.15) is 0 Å². The van der Waals surface area contributed by atoms with Crippen molar-refractivity contribution in [2.24, 2.45) is 0 Å². The molecule has 55 heavy (non-hydrogen) atoms. The van der Waals surface area contributed by atoms with E-state index in [1.165, 1.54) is 108 Å². The molecular formula is C54H33N. The van der Waals surface area contributed by atoms with Crippen LogP contribution in [-0.2, 0) is 0 Å². The number of benzene rings is 10. The van der Waals surface area contributed by atoms with E-state index < -0.39 is 0 Å². The van der Waals surface area contributed by atoms with E-state index in [1.54, 1.807) is 0 Å². The summed E-state index contributed by atoms with van der Waals surface area (Å²) in [5, 5.41) is 22.3. The monoisotopic (exact) mass is 695 g/mol.